The molecule has 0 radical (unpaired) electrons. The lowest BCUT2D eigenvalue weighted by atomic mass is 9.95. The number of rotatable bonds is 4. The minimum Gasteiger partial charge on any atom is -0.486 e. The Morgan fingerprint density at radius 2 is 1.77 bits per heavy atom. The van der Waals surface area contributed by atoms with Gasteiger partial charge in [0, 0.05) is 24.0 Å². The number of amides is 1. The molecule has 1 aliphatic carbocycles. The fourth-order valence-electron chi connectivity index (χ4n) is 3.44. The number of anilines is 2. The normalized spacial score (nSPS) is 16.8. The molecule has 1 amide bonds. The van der Waals surface area contributed by atoms with E-state index in [9.17, 15) is 4.79 Å². The van der Waals surface area contributed by atoms with E-state index in [1.165, 1.54) is 19.3 Å². The van der Waals surface area contributed by atoms with Gasteiger partial charge in [-0.05, 0) is 31.0 Å². The summed E-state index contributed by atoms with van der Waals surface area (Å²) in [4.78, 5) is 16.7. The van der Waals surface area contributed by atoms with E-state index in [4.69, 9.17) is 9.47 Å². The number of benzene rings is 1. The topological polar surface area (TPSA) is 72.5 Å². The largest absolute Gasteiger partial charge is 0.486 e. The first-order chi connectivity index (χ1) is 12.8. The number of pyridine rings is 1. The maximum absolute atomic E-state index is 12.5. The van der Waals surface area contributed by atoms with Crippen LogP contribution in [0.4, 0.5) is 11.4 Å². The minimum atomic E-state index is -0.0600. The second-order valence-corrected chi connectivity index (χ2v) is 6.75. The van der Waals surface area contributed by atoms with Crippen molar-refractivity contribution in [2.75, 3.05) is 18.5 Å². The Morgan fingerprint density at radius 1 is 0.962 bits per heavy atom. The smallest absolute Gasteiger partial charge is 0.253 e. The molecule has 0 atom stereocenters. The van der Waals surface area contributed by atoms with Gasteiger partial charge in [-0.2, -0.15) is 0 Å². The van der Waals surface area contributed by atoms with Crippen LogP contribution in [0.3, 0.4) is 0 Å². The van der Waals surface area contributed by atoms with Crippen LogP contribution in [0.1, 0.15) is 42.5 Å². The van der Waals surface area contributed by atoms with Crippen molar-refractivity contribution in [2.24, 2.45) is 0 Å². The summed E-state index contributed by atoms with van der Waals surface area (Å²) < 4.78 is 11.1. The maximum atomic E-state index is 12.5. The van der Waals surface area contributed by atoms with Crippen molar-refractivity contribution in [2.45, 2.75) is 38.1 Å². The van der Waals surface area contributed by atoms with Crippen LogP contribution >= 0.6 is 0 Å². The number of aromatic nitrogens is 1. The molecule has 1 aliphatic heterocycles. The highest BCUT2D eigenvalue weighted by atomic mass is 16.6. The predicted octanol–water partition coefficient (Wildman–Crippen LogP) is 3.66. The second-order valence-electron chi connectivity index (χ2n) is 6.75. The molecular formula is C20H23N3O3. The molecule has 1 aromatic carbocycles. The monoisotopic (exact) mass is 353 g/mol. The average molecular weight is 353 g/mol. The summed E-state index contributed by atoms with van der Waals surface area (Å²) >= 11 is 0. The number of hydrogen-bond donors (Lipinski definition) is 2. The summed E-state index contributed by atoms with van der Waals surface area (Å²) in [6.45, 7) is 1.12. The van der Waals surface area contributed by atoms with Crippen molar-refractivity contribution in [3.05, 3.63) is 42.2 Å². The van der Waals surface area contributed by atoms with Crippen LogP contribution in [-0.2, 0) is 0 Å². The Bertz CT molecular complexity index is 788. The van der Waals surface area contributed by atoms with E-state index in [0.29, 0.717) is 18.8 Å². The molecule has 1 aromatic heterocycles. The average Bonchev–Trinajstić information content (AvgIpc) is 2.69. The molecule has 4 rings (SSSR count). The second kappa shape index (κ2) is 7.64. The van der Waals surface area contributed by atoms with Crippen molar-refractivity contribution in [1.29, 1.82) is 0 Å². The number of nitrogens with one attached hydrogen (secondary N) is 2. The number of ether oxygens (including phenoxy) is 2. The van der Waals surface area contributed by atoms with E-state index in [1.807, 2.05) is 24.3 Å². The van der Waals surface area contributed by atoms with Gasteiger partial charge in [-0.1, -0.05) is 19.3 Å². The molecule has 2 aromatic rings. The highest BCUT2D eigenvalue weighted by Crippen LogP contribution is 2.33. The SMILES string of the molecule is O=C(NC1CCCCC1)c1cncc(Nc2ccc3c(c2)OCCO3)c1. The van der Waals surface area contributed by atoms with Crippen LogP contribution in [-0.4, -0.2) is 30.1 Å². The lowest BCUT2D eigenvalue weighted by Gasteiger charge is -2.22. The van der Waals surface area contributed by atoms with Crippen molar-refractivity contribution in [3.8, 4) is 11.5 Å². The van der Waals surface area contributed by atoms with Gasteiger partial charge in [-0.25, -0.2) is 0 Å². The molecule has 2 aliphatic rings. The molecule has 26 heavy (non-hydrogen) atoms. The molecule has 6 heteroatoms. The molecule has 0 spiro atoms. The first-order valence-electron chi connectivity index (χ1n) is 9.20. The number of carbonyl (C=O) groups excluding carboxylic acids is 1. The van der Waals surface area contributed by atoms with E-state index in [2.05, 4.69) is 15.6 Å². The van der Waals surface area contributed by atoms with Crippen molar-refractivity contribution < 1.29 is 14.3 Å². The van der Waals surface area contributed by atoms with Crippen LogP contribution in [0.5, 0.6) is 11.5 Å². The summed E-state index contributed by atoms with van der Waals surface area (Å²) in [5, 5.41) is 6.40. The van der Waals surface area contributed by atoms with Gasteiger partial charge in [0.2, 0.25) is 0 Å². The molecule has 0 bridgehead atoms. The third-order valence-corrected chi connectivity index (χ3v) is 4.77. The standard InChI is InChI=1S/C20H23N3O3/c24-20(23-15-4-2-1-3-5-15)14-10-17(13-21-12-14)22-16-6-7-18-19(11-16)26-9-8-25-18/h6-7,10-13,15,22H,1-5,8-9H2,(H,23,24). The Balaban J connectivity index is 1.44. The third-order valence-electron chi connectivity index (χ3n) is 4.77. The summed E-state index contributed by atoms with van der Waals surface area (Å²) in [7, 11) is 0. The molecular weight excluding hydrogens is 330 g/mol. The molecule has 136 valence electrons. The van der Waals surface area contributed by atoms with E-state index in [0.717, 1.165) is 35.7 Å². The summed E-state index contributed by atoms with van der Waals surface area (Å²) in [5.41, 5.74) is 2.19. The Hall–Kier alpha value is -2.76. The van der Waals surface area contributed by atoms with Gasteiger partial charge >= 0.3 is 0 Å². The predicted molar refractivity (Wildman–Crippen MR) is 99.3 cm³/mol. The van der Waals surface area contributed by atoms with E-state index >= 15 is 0 Å². The number of hydrogen-bond acceptors (Lipinski definition) is 5. The first-order valence-corrected chi connectivity index (χ1v) is 9.20. The lowest BCUT2D eigenvalue weighted by Crippen LogP contribution is -2.36. The fraction of sp³-hybridized carbons (Fsp3) is 0.400. The molecule has 2 heterocycles. The van der Waals surface area contributed by atoms with Crippen molar-refractivity contribution in [1.82, 2.24) is 10.3 Å². The molecule has 6 nitrogen and oxygen atoms in total. The summed E-state index contributed by atoms with van der Waals surface area (Å²) in [5.74, 6) is 1.41. The third kappa shape index (κ3) is 3.90. The number of nitrogens with zero attached hydrogens (tertiary/aromatic N) is 1. The van der Waals surface area contributed by atoms with Crippen LogP contribution in [0.15, 0.2) is 36.7 Å². The summed E-state index contributed by atoms with van der Waals surface area (Å²) in [6, 6.07) is 7.79. The van der Waals surface area contributed by atoms with Gasteiger partial charge in [0.05, 0.1) is 17.4 Å². The molecule has 1 fully saturated rings. The minimum absolute atomic E-state index is 0.0600. The van der Waals surface area contributed by atoms with Gasteiger partial charge in [0.25, 0.3) is 5.91 Å². The zero-order chi connectivity index (χ0) is 17.8. The fourth-order valence-corrected chi connectivity index (χ4v) is 3.44. The Kier molecular flexibility index (Phi) is 4.91. The zero-order valence-corrected chi connectivity index (χ0v) is 14.7. The van der Waals surface area contributed by atoms with Gasteiger partial charge in [-0.15, -0.1) is 0 Å². The van der Waals surface area contributed by atoms with Crippen molar-refractivity contribution >= 4 is 17.3 Å². The van der Waals surface area contributed by atoms with E-state index < -0.39 is 0 Å². The van der Waals surface area contributed by atoms with Gasteiger partial charge in [0.15, 0.2) is 11.5 Å². The van der Waals surface area contributed by atoms with Gasteiger partial charge in [-0.3, -0.25) is 9.78 Å². The van der Waals surface area contributed by atoms with Crippen LogP contribution in [0.2, 0.25) is 0 Å². The first kappa shape index (κ1) is 16.7. The van der Waals surface area contributed by atoms with Crippen LogP contribution < -0.4 is 20.1 Å². The zero-order valence-electron chi connectivity index (χ0n) is 14.7. The Morgan fingerprint density at radius 3 is 2.62 bits per heavy atom. The highest BCUT2D eigenvalue weighted by molar-refractivity contribution is 5.95. The van der Waals surface area contributed by atoms with Gasteiger partial charge in [0.1, 0.15) is 13.2 Å². The van der Waals surface area contributed by atoms with Gasteiger partial charge < -0.3 is 20.1 Å². The number of fused-ring (bicyclic) bond motifs is 1. The maximum Gasteiger partial charge on any atom is 0.253 e. The molecule has 0 unspecified atom stereocenters. The van der Waals surface area contributed by atoms with E-state index in [1.54, 1.807) is 12.4 Å². The molecule has 1 saturated carbocycles. The van der Waals surface area contributed by atoms with Crippen LogP contribution in [0, 0.1) is 0 Å². The lowest BCUT2D eigenvalue weighted by molar-refractivity contribution is 0.0927. The van der Waals surface area contributed by atoms with E-state index in [-0.39, 0.29) is 11.9 Å². The quantitative estimate of drug-likeness (QED) is 0.878. The Labute approximate surface area is 152 Å². The van der Waals surface area contributed by atoms with Crippen LogP contribution in [0.25, 0.3) is 0 Å². The van der Waals surface area contributed by atoms with Crippen molar-refractivity contribution in [3.63, 3.8) is 0 Å². The summed E-state index contributed by atoms with van der Waals surface area (Å²) in [6.07, 6.45) is 9.08. The highest BCUT2D eigenvalue weighted by Gasteiger charge is 2.17. The molecule has 0 saturated heterocycles. The number of carbonyl (C=O) groups is 1. The molecule has 2 N–H and O–H groups in total.